The molecule has 43 heavy (non-hydrogen) atoms. The van der Waals surface area contributed by atoms with E-state index >= 15 is 4.39 Å². The Kier molecular flexibility index (Phi) is 9.84. The maximum atomic E-state index is 15.6. The predicted molar refractivity (Wildman–Crippen MR) is 163 cm³/mol. The molecule has 1 amide bonds. The number of nitrogens with zero attached hydrogens (tertiary/aromatic N) is 3. The van der Waals surface area contributed by atoms with Crippen molar-refractivity contribution in [2.45, 2.75) is 46.6 Å². The lowest BCUT2D eigenvalue weighted by Crippen LogP contribution is -2.50. The van der Waals surface area contributed by atoms with Gasteiger partial charge in [-0.3, -0.25) is 15.0 Å². The molecule has 0 saturated carbocycles. The van der Waals surface area contributed by atoms with Gasteiger partial charge in [0.25, 0.3) is 0 Å². The summed E-state index contributed by atoms with van der Waals surface area (Å²) >= 11 is 0. The summed E-state index contributed by atoms with van der Waals surface area (Å²) in [5.41, 5.74) is 2.51. The van der Waals surface area contributed by atoms with Gasteiger partial charge in [0.1, 0.15) is 18.2 Å². The number of ether oxygens (including phenoxy) is 4. The Morgan fingerprint density at radius 1 is 0.977 bits per heavy atom. The van der Waals surface area contributed by atoms with E-state index in [0.717, 1.165) is 11.3 Å². The highest BCUT2D eigenvalue weighted by Crippen LogP contribution is 2.42. The summed E-state index contributed by atoms with van der Waals surface area (Å²) in [6.45, 7) is 12.7. The van der Waals surface area contributed by atoms with E-state index in [0.29, 0.717) is 55.4 Å². The first-order valence-corrected chi connectivity index (χ1v) is 14.7. The lowest BCUT2D eigenvalue weighted by molar-refractivity contribution is -0.135. The molecule has 0 atom stereocenters. The Morgan fingerprint density at radius 2 is 1.65 bits per heavy atom. The molecule has 1 saturated heterocycles. The van der Waals surface area contributed by atoms with Crippen molar-refractivity contribution in [2.75, 3.05) is 71.7 Å². The SMILES string of the molecule is CCOc1cc2c(c(F)c1OCC)C(=N)N(CC(=O)c1cc(N3CCN(C(=O)COC)CC3)c(OC)c(C(C)(C)C)c1)C2. The maximum absolute atomic E-state index is 15.6. The molecular formula is C32H43FN4O6. The standard InChI is InChI=1S/C32H43FN4O6/c1-8-42-25-16-21-17-37(31(34)27(21)28(33)30(25)43-9-2)18-24(38)20-14-22(32(3,4)5)29(41-7)23(15-20)35-10-12-36(13-11-35)26(39)19-40-6/h14-16,34H,8-13,17-19H2,1-7H3. The van der Waals surface area contributed by atoms with Crippen LogP contribution < -0.4 is 19.1 Å². The molecular weight excluding hydrogens is 555 g/mol. The molecule has 0 spiro atoms. The van der Waals surface area contributed by atoms with E-state index < -0.39 is 5.82 Å². The third kappa shape index (κ3) is 6.56. The van der Waals surface area contributed by atoms with Gasteiger partial charge in [-0.2, -0.15) is 0 Å². The molecule has 2 aromatic carbocycles. The second-order valence-corrected chi connectivity index (χ2v) is 11.7. The van der Waals surface area contributed by atoms with Crippen molar-refractivity contribution in [1.29, 1.82) is 5.41 Å². The molecule has 0 radical (unpaired) electrons. The minimum absolute atomic E-state index is 0.0142. The van der Waals surface area contributed by atoms with Crippen molar-refractivity contribution in [1.82, 2.24) is 9.80 Å². The van der Waals surface area contributed by atoms with E-state index in [1.807, 2.05) is 19.1 Å². The van der Waals surface area contributed by atoms with Crippen LogP contribution in [-0.2, 0) is 21.5 Å². The summed E-state index contributed by atoms with van der Waals surface area (Å²) in [6, 6.07) is 5.39. The molecule has 4 rings (SSSR count). The number of carbonyl (C=O) groups is 2. The van der Waals surface area contributed by atoms with Gasteiger partial charge in [0.15, 0.2) is 23.1 Å². The van der Waals surface area contributed by atoms with Crippen molar-refractivity contribution in [3.8, 4) is 17.2 Å². The Morgan fingerprint density at radius 3 is 2.23 bits per heavy atom. The van der Waals surface area contributed by atoms with Gasteiger partial charge in [0.05, 0.1) is 38.1 Å². The number of carbonyl (C=O) groups excluding carboxylic acids is 2. The van der Waals surface area contributed by atoms with Crippen LogP contribution in [0.5, 0.6) is 17.2 Å². The number of nitrogens with one attached hydrogen (secondary N) is 1. The number of fused-ring (bicyclic) bond motifs is 1. The van der Waals surface area contributed by atoms with Crippen molar-refractivity contribution < 1.29 is 32.9 Å². The zero-order valence-corrected chi connectivity index (χ0v) is 26.3. The Balaban J connectivity index is 1.63. The maximum Gasteiger partial charge on any atom is 0.248 e. The van der Waals surface area contributed by atoms with Crippen LogP contribution in [0.3, 0.4) is 0 Å². The number of benzene rings is 2. The number of anilines is 1. The fourth-order valence-electron chi connectivity index (χ4n) is 5.62. The fraction of sp³-hybridized carbons (Fsp3) is 0.531. The molecule has 11 heteroatoms. The van der Waals surface area contributed by atoms with Crippen molar-refractivity contribution in [2.24, 2.45) is 0 Å². The predicted octanol–water partition coefficient (Wildman–Crippen LogP) is 4.25. The van der Waals surface area contributed by atoms with Crippen LogP contribution in [0.1, 0.15) is 61.7 Å². The molecule has 234 valence electrons. The van der Waals surface area contributed by atoms with E-state index in [1.54, 1.807) is 29.9 Å². The van der Waals surface area contributed by atoms with E-state index in [1.165, 1.54) is 7.11 Å². The number of ketones is 1. The molecule has 1 fully saturated rings. The normalized spacial score (nSPS) is 15.1. The van der Waals surface area contributed by atoms with E-state index in [9.17, 15) is 9.59 Å². The molecule has 2 aromatic rings. The summed E-state index contributed by atoms with van der Waals surface area (Å²) in [6.07, 6.45) is 0. The number of amidine groups is 1. The highest BCUT2D eigenvalue weighted by Gasteiger charge is 2.34. The number of halogens is 1. The molecule has 2 aliphatic rings. The molecule has 0 bridgehead atoms. The molecule has 2 heterocycles. The average molecular weight is 599 g/mol. The lowest BCUT2D eigenvalue weighted by atomic mass is 9.84. The van der Waals surface area contributed by atoms with Gasteiger partial charge < -0.3 is 33.6 Å². The van der Waals surface area contributed by atoms with Crippen molar-refractivity contribution in [3.05, 3.63) is 46.3 Å². The summed E-state index contributed by atoms with van der Waals surface area (Å²) in [4.78, 5) is 31.7. The number of methoxy groups -OCH3 is 2. The highest BCUT2D eigenvalue weighted by molar-refractivity contribution is 6.06. The largest absolute Gasteiger partial charge is 0.494 e. The monoisotopic (exact) mass is 598 g/mol. The molecule has 0 unspecified atom stereocenters. The average Bonchev–Trinajstić information content (AvgIpc) is 3.28. The van der Waals surface area contributed by atoms with Gasteiger partial charge in [-0.25, -0.2) is 4.39 Å². The van der Waals surface area contributed by atoms with Crippen molar-refractivity contribution >= 4 is 23.2 Å². The Bertz CT molecular complexity index is 1380. The number of piperazine rings is 1. The lowest BCUT2D eigenvalue weighted by Gasteiger charge is -2.38. The third-order valence-corrected chi connectivity index (χ3v) is 7.75. The van der Waals surface area contributed by atoms with Crippen LogP contribution in [0, 0.1) is 11.2 Å². The second kappa shape index (κ2) is 13.2. The number of rotatable bonds is 11. The molecule has 0 aliphatic carbocycles. The molecule has 1 N–H and O–H groups in total. The van der Waals surface area contributed by atoms with Crippen LogP contribution >= 0.6 is 0 Å². The molecule has 10 nitrogen and oxygen atoms in total. The summed E-state index contributed by atoms with van der Waals surface area (Å²) in [7, 11) is 3.13. The highest BCUT2D eigenvalue weighted by atomic mass is 19.1. The van der Waals surface area contributed by atoms with Crippen molar-refractivity contribution in [3.63, 3.8) is 0 Å². The van der Waals surface area contributed by atoms with Crippen LogP contribution in [0.2, 0.25) is 0 Å². The number of amides is 1. The zero-order chi connectivity index (χ0) is 31.5. The molecule has 0 aromatic heterocycles. The Labute approximate surface area is 253 Å². The first kappa shape index (κ1) is 32.1. The van der Waals surface area contributed by atoms with Crippen LogP contribution in [0.15, 0.2) is 18.2 Å². The first-order valence-electron chi connectivity index (χ1n) is 14.7. The first-order chi connectivity index (χ1) is 20.4. The zero-order valence-electron chi connectivity index (χ0n) is 26.3. The van der Waals surface area contributed by atoms with Gasteiger partial charge in [0.2, 0.25) is 5.91 Å². The van der Waals surface area contributed by atoms with Gasteiger partial charge in [-0.15, -0.1) is 0 Å². The fourth-order valence-corrected chi connectivity index (χ4v) is 5.62. The topological polar surface area (TPSA) is 105 Å². The smallest absolute Gasteiger partial charge is 0.248 e. The number of hydrogen-bond donors (Lipinski definition) is 1. The summed E-state index contributed by atoms with van der Waals surface area (Å²) in [5.74, 6) is 0.00648. The van der Waals surface area contributed by atoms with Crippen LogP contribution in [-0.4, -0.2) is 94.1 Å². The summed E-state index contributed by atoms with van der Waals surface area (Å²) < 4.78 is 37.6. The molecule has 2 aliphatic heterocycles. The minimum atomic E-state index is -0.646. The third-order valence-electron chi connectivity index (χ3n) is 7.75. The Hall–Kier alpha value is -3.86. The van der Waals surface area contributed by atoms with Gasteiger partial charge in [-0.1, -0.05) is 20.8 Å². The number of hydrogen-bond acceptors (Lipinski definition) is 8. The second-order valence-electron chi connectivity index (χ2n) is 11.7. The van der Waals surface area contributed by atoms with Gasteiger partial charge in [0, 0.05) is 51.0 Å². The summed E-state index contributed by atoms with van der Waals surface area (Å²) in [5, 5.41) is 8.75. The van der Waals surface area contributed by atoms with E-state index in [2.05, 4.69) is 25.7 Å². The van der Waals surface area contributed by atoms with Crippen LogP contribution in [0.4, 0.5) is 10.1 Å². The van der Waals surface area contributed by atoms with E-state index in [4.69, 9.17) is 24.4 Å². The van der Waals surface area contributed by atoms with Gasteiger partial charge in [-0.05, 0) is 43.0 Å². The van der Waals surface area contributed by atoms with E-state index in [-0.39, 0.29) is 60.6 Å². The quantitative estimate of drug-likeness (QED) is 0.383. The minimum Gasteiger partial charge on any atom is -0.494 e. The van der Waals surface area contributed by atoms with Gasteiger partial charge >= 0.3 is 0 Å². The number of Topliss-reactive ketones (excluding diaryl/α,β-unsaturated/α-hetero) is 1. The van der Waals surface area contributed by atoms with Crippen LogP contribution in [0.25, 0.3) is 0 Å².